The third kappa shape index (κ3) is 2.20. The lowest BCUT2D eigenvalue weighted by Gasteiger charge is -2.07. The van der Waals surface area contributed by atoms with E-state index in [9.17, 15) is 4.79 Å². The number of nitrogens with zero attached hydrogens (tertiary/aromatic N) is 1. The van der Waals surface area contributed by atoms with Gasteiger partial charge in [0.1, 0.15) is 9.50 Å². The van der Waals surface area contributed by atoms with Gasteiger partial charge in [0.25, 0.3) is 5.56 Å². The third-order valence-corrected chi connectivity index (χ3v) is 4.68. The monoisotopic (exact) mass is 274 g/mol. The van der Waals surface area contributed by atoms with E-state index in [1.807, 2.05) is 0 Å². The van der Waals surface area contributed by atoms with Gasteiger partial charge in [-0.25, -0.2) is 4.98 Å². The summed E-state index contributed by atoms with van der Waals surface area (Å²) in [5, 5.41) is 1.46. The highest BCUT2D eigenvalue weighted by Crippen LogP contribution is 2.35. The lowest BCUT2D eigenvalue weighted by atomic mass is 10.4. The first-order valence-electron chi connectivity index (χ1n) is 4.67. The summed E-state index contributed by atoms with van der Waals surface area (Å²) in [5.41, 5.74) is -0.0968. The largest absolute Gasteiger partial charge is 0.312 e. The molecule has 1 saturated carbocycles. The molecule has 5 heteroatoms. The number of hydrogen-bond acceptors (Lipinski definition) is 3. The van der Waals surface area contributed by atoms with Crippen molar-refractivity contribution in [2.45, 2.75) is 36.0 Å². The minimum Gasteiger partial charge on any atom is -0.312 e. The summed E-state index contributed by atoms with van der Waals surface area (Å²) in [5.74, 6) is 0. The zero-order chi connectivity index (χ0) is 9.97. The Bertz CT molecular complexity index is 373. The quantitative estimate of drug-likeness (QED) is 0.844. The molecule has 0 atom stereocenters. The van der Waals surface area contributed by atoms with Gasteiger partial charge in [-0.15, -0.1) is 11.8 Å². The zero-order valence-corrected chi connectivity index (χ0v) is 10.0. The molecule has 1 aromatic heterocycles. The molecule has 1 aliphatic rings. The first-order valence-corrected chi connectivity index (χ1v) is 6.34. The maximum atomic E-state index is 11.3. The van der Waals surface area contributed by atoms with Crippen molar-refractivity contribution in [1.82, 2.24) is 9.97 Å². The van der Waals surface area contributed by atoms with Crippen molar-refractivity contribution in [3.05, 3.63) is 21.2 Å². The standard InChI is InChI=1S/C9H11BrN2OS/c10-7-8(13)11-5-12-9(7)14-6-3-1-2-4-6/h5-6H,1-4H2,(H,11,12,13). The summed E-state index contributed by atoms with van der Waals surface area (Å²) in [7, 11) is 0. The summed E-state index contributed by atoms with van der Waals surface area (Å²) < 4.78 is 0.567. The van der Waals surface area contributed by atoms with E-state index in [1.54, 1.807) is 11.8 Å². The van der Waals surface area contributed by atoms with Gasteiger partial charge < -0.3 is 4.98 Å². The van der Waals surface area contributed by atoms with Crippen LogP contribution < -0.4 is 5.56 Å². The molecule has 0 radical (unpaired) electrons. The van der Waals surface area contributed by atoms with Crippen LogP contribution in [-0.2, 0) is 0 Å². The van der Waals surface area contributed by atoms with Gasteiger partial charge in [0.15, 0.2) is 0 Å². The molecule has 1 fully saturated rings. The second kappa shape index (κ2) is 4.49. The van der Waals surface area contributed by atoms with Gasteiger partial charge >= 0.3 is 0 Å². The molecular formula is C9H11BrN2OS. The molecule has 14 heavy (non-hydrogen) atoms. The van der Waals surface area contributed by atoms with Gasteiger partial charge in [-0.2, -0.15) is 0 Å². The van der Waals surface area contributed by atoms with E-state index in [2.05, 4.69) is 25.9 Å². The van der Waals surface area contributed by atoms with Gasteiger partial charge in [-0.05, 0) is 28.8 Å². The Hall–Kier alpha value is -0.290. The lowest BCUT2D eigenvalue weighted by Crippen LogP contribution is -2.09. The number of aromatic amines is 1. The van der Waals surface area contributed by atoms with Crippen molar-refractivity contribution < 1.29 is 0 Å². The normalized spacial score (nSPS) is 17.5. The first kappa shape index (κ1) is 10.2. The highest BCUT2D eigenvalue weighted by Gasteiger charge is 2.18. The lowest BCUT2D eigenvalue weighted by molar-refractivity contribution is 0.886. The van der Waals surface area contributed by atoms with Gasteiger partial charge in [-0.3, -0.25) is 4.79 Å². The smallest absolute Gasteiger partial charge is 0.266 e. The van der Waals surface area contributed by atoms with Crippen LogP contribution in [0.1, 0.15) is 25.7 Å². The molecule has 0 aliphatic heterocycles. The van der Waals surface area contributed by atoms with Crippen LogP contribution in [0.25, 0.3) is 0 Å². The molecule has 1 aliphatic carbocycles. The fourth-order valence-electron chi connectivity index (χ4n) is 1.61. The zero-order valence-electron chi connectivity index (χ0n) is 7.62. The fraction of sp³-hybridized carbons (Fsp3) is 0.556. The minimum atomic E-state index is -0.0968. The minimum absolute atomic E-state index is 0.0968. The van der Waals surface area contributed by atoms with Gasteiger partial charge in [-0.1, -0.05) is 12.8 Å². The van der Waals surface area contributed by atoms with Crippen molar-refractivity contribution in [2.75, 3.05) is 0 Å². The summed E-state index contributed by atoms with van der Waals surface area (Å²) in [6, 6.07) is 0. The molecule has 0 spiro atoms. The number of hydrogen-bond donors (Lipinski definition) is 1. The molecule has 2 rings (SSSR count). The highest BCUT2D eigenvalue weighted by atomic mass is 79.9. The van der Waals surface area contributed by atoms with Gasteiger partial charge in [0, 0.05) is 5.25 Å². The number of H-pyrrole nitrogens is 1. The van der Waals surface area contributed by atoms with Gasteiger partial charge in [0.2, 0.25) is 0 Å². The molecule has 1 heterocycles. The summed E-state index contributed by atoms with van der Waals surface area (Å²) in [6.45, 7) is 0. The van der Waals surface area contributed by atoms with Crippen LogP contribution in [0.2, 0.25) is 0 Å². The van der Waals surface area contributed by atoms with Crippen molar-refractivity contribution in [1.29, 1.82) is 0 Å². The molecule has 0 aromatic carbocycles. The first-order chi connectivity index (χ1) is 6.77. The van der Waals surface area contributed by atoms with Gasteiger partial charge in [0.05, 0.1) is 6.33 Å². The van der Waals surface area contributed by atoms with E-state index in [4.69, 9.17) is 0 Å². The molecule has 0 bridgehead atoms. The Kier molecular flexibility index (Phi) is 3.28. The number of aromatic nitrogens is 2. The van der Waals surface area contributed by atoms with E-state index in [1.165, 1.54) is 32.0 Å². The molecular weight excluding hydrogens is 264 g/mol. The average Bonchev–Trinajstić information content (AvgIpc) is 2.66. The molecule has 76 valence electrons. The maximum absolute atomic E-state index is 11.3. The SMILES string of the molecule is O=c1[nH]cnc(SC2CCCC2)c1Br. The van der Waals surface area contributed by atoms with Crippen molar-refractivity contribution >= 4 is 27.7 Å². The van der Waals surface area contributed by atoms with Crippen LogP contribution in [0.4, 0.5) is 0 Å². The molecule has 3 nitrogen and oxygen atoms in total. The third-order valence-electron chi connectivity index (χ3n) is 2.35. The van der Waals surface area contributed by atoms with Crippen molar-refractivity contribution in [3.8, 4) is 0 Å². The van der Waals surface area contributed by atoms with E-state index < -0.39 is 0 Å². The molecule has 0 amide bonds. The van der Waals surface area contributed by atoms with E-state index in [0.29, 0.717) is 9.72 Å². The Morgan fingerprint density at radius 2 is 2.21 bits per heavy atom. The van der Waals surface area contributed by atoms with Crippen LogP contribution in [0, 0.1) is 0 Å². The molecule has 0 unspecified atom stereocenters. The Balaban J connectivity index is 2.15. The maximum Gasteiger partial charge on any atom is 0.266 e. The Morgan fingerprint density at radius 1 is 1.50 bits per heavy atom. The highest BCUT2D eigenvalue weighted by molar-refractivity contribution is 9.10. The van der Waals surface area contributed by atoms with Crippen molar-refractivity contribution in [3.63, 3.8) is 0 Å². The molecule has 1 aromatic rings. The number of rotatable bonds is 2. The van der Waals surface area contributed by atoms with E-state index in [-0.39, 0.29) is 5.56 Å². The number of nitrogens with one attached hydrogen (secondary N) is 1. The summed E-state index contributed by atoms with van der Waals surface area (Å²) >= 11 is 4.97. The average molecular weight is 275 g/mol. The van der Waals surface area contributed by atoms with Crippen LogP contribution in [0.5, 0.6) is 0 Å². The summed E-state index contributed by atoms with van der Waals surface area (Å²) in [6.07, 6.45) is 6.55. The predicted octanol–water partition coefficient (Wildman–Crippen LogP) is 2.57. The molecule has 0 saturated heterocycles. The number of thioether (sulfide) groups is 1. The second-order valence-corrected chi connectivity index (χ2v) is 5.46. The molecule has 1 N–H and O–H groups in total. The van der Waals surface area contributed by atoms with Crippen LogP contribution >= 0.6 is 27.7 Å². The summed E-state index contributed by atoms with van der Waals surface area (Å²) in [4.78, 5) is 18.0. The van der Waals surface area contributed by atoms with Crippen LogP contribution in [0.15, 0.2) is 20.6 Å². The van der Waals surface area contributed by atoms with E-state index in [0.717, 1.165) is 5.03 Å². The fourth-order valence-corrected chi connectivity index (χ4v) is 3.30. The van der Waals surface area contributed by atoms with Crippen LogP contribution in [0.3, 0.4) is 0 Å². The topological polar surface area (TPSA) is 45.8 Å². The second-order valence-electron chi connectivity index (χ2n) is 3.38. The van der Waals surface area contributed by atoms with E-state index >= 15 is 0 Å². The number of halogens is 1. The Labute approximate surface area is 94.8 Å². The predicted molar refractivity (Wildman–Crippen MR) is 60.7 cm³/mol. The Morgan fingerprint density at radius 3 is 2.93 bits per heavy atom. The van der Waals surface area contributed by atoms with Crippen molar-refractivity contribution in [2.24, 2.45) is 0 Å². The van der Waals surface area contributed by atoms with Crippen LogP contribution in [-0.4, -0.2) is 15.2 Å².